The van der Waals surface area contributed by atoms with Gasteiger partial charge in [0, 0.05) is 17.7 Å². The molecule has 0 aromatic heterocycles. The number of anilines is 1. The van der Waals surface area contributed by atoms with Crippen molar-refractivity contribution in [2.24, 2.45) is 11.3 Å². The van der Waals surface area contributed by atoms with Crippen molar-refractivity contribution in [2.45, 2.75) is 45.9 Å². The number of benzene rings is 1. The lowest BCUT2D eigenvalue weighted by Crippen LogP contribution is -2.49. The zero-order chi connectivity index (χ0) is 19.5. The quantitative estimate of drug-likeness (QED) is 0.816. The molecule has 7 nitrogen and oxygen atoms in total. The topological polar surface area (TPSA) is 75.2 Å². The number of carbonyl (C=O) groups excluding carboxylic acids is 1. The molecule has 2 aliphatic heterocycles. The van der Waals surface area contributed by atoms with Crippen LogP contribution < -0.4 is 5.32 Å². The number of amides is 1. The predicted octanol–water partition coefficient (Wildman–Crippen LogP) is 3.40. The van der Waals surface area contributed by atoms with E-state index >= 15 is 0 Å². The van der Waals surface area contributed by atoms with Crippen LogP contribution in [-0.2, 0) is 23.7 Å². The highest BCUT2D eigenvalue weighted by Crippen LogP contribution is 2.46. The lowest BCUT2D eigenvalue weighted by molar-refractivity contribution is -0.345. The summed E-state index contributed by atoms with van der Waals surface area (Å²) in [5.74, 6) is -0.940. The Morgan fingerprint density at radius 2 is 2.00 bits per heavy atom. The molecule has 1 N–H and O–H groups in total. The fourth-order valence-electron chi connectivity index (χ4n) is 3.16. The van der Waals surface area contributed by atoms with Gasteiger partial charge in [-0.1, -0.05) is 45.9 Å². The second-order valence-corrected chi connectivity index (χ2v) is 8.14. The normalized spacial score (nSPS) is 29.4. The van der Waals surface area contributed by atoms with Gasteiger partial charge < -0.3 is 23.7 Å². The Labute approximate surface area is 160 Å². The van der Waals surface area contributed by atoms with Crippen LogP contribution in [0.4, 0.5) is 10.5 Å². The fourth-order valence-corrected chi connectivity index (χ4v) is 3.16. The van der Waals surface area contributed by atoms with Gasteiger partial charge in [-0.25, -0.2) is 4.79 Å². The van der Waals surface area contributed by atoms with Gasteiger partial charge in [0.25, 0.3) is 0 Å². The summed E-state index contributed by atoms with van der Waals surface area (Å²) in [5.41, 5.74) is 0.198. The van der Waals surface area contributed by atoms with Crippen molar-refractivity contribution in [3.8, 4) is 0 Å². The zero-order valence-corrected chi connectivity index (χ0v) is 16.4. The first-order chi connectivity index (χ1) is 12.8. The van der Waals surface area contributed by atoms with Gasteiger partial charge in [0.2, 0.25) is 0 Å². The van der Waals surface area contributed by atoms with E-state index < -0.39 is 23.6 Å². The third-order valence-electron chi connectivity index (χ3n) is 4.48. The smallest absolute Gasteiger partial charge is 0.412 e. The molecule has 1 amide bonds. The highest BCUT2D eigenvalue weighted by Gasteiger charge is 2.63. The predicted molar refractivity (Wildman–Crippen MR) is 99.3 cm³/mol. The molecule has 3 rings (SSSR count). The Morgan fingerprint density at radius 3 is 2.70 bits per heavy atom. The van der Waals surface area contributed by atoms with Gasteiger partial charge in [-0.2, -0.15) is 0 Å². The molecule has 0 saturated carbocycles. The first-order valence-electron chi connectivity index (χ1n) is 9.37. The lowest BCUT2D eigenvalue weighted by Gasteiger charge is -2.32. The van der Waals surface area contributed by atoms with Crippen LogP contribution in [-0.4, -0.2) is 50.7 Å². The molecule has 1 aromatic carbocycles. The zero-order valence-electron chi connectivity index (χ0n) is 16.4. The number of ether oxygens (including phenoxy) is 5. The number of carbonyl (C=O) groups is 1. The third-order valence-corrected chi connectivity index (χ3v) is 4.48. The average molecular weight is 379 g/mol. The molecule has 0 unspecified atom stereocenters. The van der Waals surface area contributed by atoms with Crippen molar-refractivity contribution in [1.29, 1.82) is 0 Å². The molecule has 0 radical (unpaired) electrons. The van der Waals surface area contributed by atoms with Gasteiger partial charge in [0.15, 0.2) is 6.10 Å². The van der Waals surface area contributed by atoms with Crippen LogP contribution in [0.3, 0.4) is 0 Å². The van der Waals surface area contributed by atoms with Crippen LogP contribution in [0.5, 0.6) is 0 Å². The maximum absolute atomic E-state index is 12.4. The van der Waals surface area contributed by atoms with E-state index in [0.717, 1.165) is 0 Å². The van der Waals surface area contributed by atoms with Crippen LogP contribution in [0.15, 0.2) is 30.3 Å². The van der Waals surface area contributed by atoms with Crippen molar-refractivity contribution < 1.29 is 28.5 Å². The van der Waals surface area contributed by atoms with Crippen molar-refractivity contribution in [1.82, 2.24) is 0 Å². The number of hydrogen-bond donors (Lipinski definition) is 1. The molecule has 3 atom stereocenters. The number of para-hydroxylation sites is 1. The highest BCUT2D eigenvalue weighted by molar-refractivity contribution is 5.84. The third kappa shape index (κ3) is 4.79. The molecule has 2 fully saturated rings. The van der Waals surface area contributed by atoms with E-state index in [1.165, 1.54) is 0 Å². The van der Waals surface area contributed by atoms with Gasteiger partial charge in [0.05, 0.1) is 19.8 Å². The van der Waals surface area contributed by atoms with E-state index in [9.17, 15) is 4.79 Å². The Balaban J connectivity index is 1.62. The van der Waals surface area contributed by atoms with Crippen molar-refractivity contribution in [3.63, 3.8) is 0 Å². The van der Waals surface area contributed by atoms with Crippen LogP contribution in [0.25, 0.3) is 0 Å². The summed E-state index contributed by atoms with van der Waals surface area (Å²) in [6, 6.07) is 9.13. The molecule has 150 valence electrons. The van der Waals surface area contributed by atoms with Crippen LogP contribution >= 0.6 is 0 Å². The lowest BCUT2D eigenvalue weighted by atomic mass is 9.88. The molecule has 1 spiro atoms. The molecule has 1 aromatic rings. The average Bonchev–Trinajstić information content (AvgIpc) is 3.12. The minimum atomic E-state index is -1.39. The maximum Gasteiger partial charge on any atom is 0.412 e. The molecular weight excluding hydrogens is 350 g/mol. The van der Waals surface area contributed by atoms with Gasteiger partial charge in [0.1, 0.15) is 6.10 Å². The summed E-state index contributed by atoms with van der Waals surface area (Å²) < 4.78 is 29.0. The van der Waals surface area contributed by atoms with E-state index in [2.05, 4.69) is 19.2 Å². The van der Waals surface area contributed by atoms with E-state index in [-0.39, 0.29) is 6.10 Å². The summed E-state index contributed by atoms with van der Waals surface area (Å²) in [6.07, 6.45) is -1.54. The Kier molecular flexibility index (Phi) is 6.05. The molecule has 2 heterocycles. The van der Waals surface area contributed by atoms with E-state index in [0.29, 0.717) is 38.0 Å². The monoisotopic (exact) mass is 379 g/mol. The van der Waals surface area contributed by atoms with Gasteiger partial charge in [-0.15, -0.1) is 0 Å². The number of nitrogens with one attached hydrogen (secondary N) is 1. The van der Waals surface area contributed by atoms with E-state index in [4.69, 9.17) is 23.7 Å². The largest absolute Gasteiger partial charge is 0.437 e. The first kappa shape index (κ1) is 20.1. The SMILES string of the molecule is CC(C)COC[C@@H]1CO[C@@]2(OCC(C)(C)[C@H]2OC(=O)Nc2ccccc2)O1. The van der Waals surface area contributed by atoms with Crippen LogP contribution in [0.1, 0.15) is 27.7 Å². The molecule has 2 saturated heterocycles. The summed E-state index contributed by atoms with van der Waals surface area (Å²) in [4.78, 5) is 12.4. The summed E-state index contributed by atoms with van der Waals surface area (Å²) >= 11 is 0. The fraction of sp³-hybridized carbons (Fsp3) is 0.650. The van der Waals surface area contributed by atoms with Crippen LogP contribution in [0, 0.1) is 11.3 Å². The van der Waals surface area contributed by atoms with E-state index in [1.807, 2.05) is 32.0 Å². The molecule has 0 aliphatic carbocycles. The highest BCUT2D eigenvalue weighted by atomic mass is 16.9. The summed E-state index contributed by atoms with van der Waals surface area (Å²) in [5, 5.41) is 2.72. The van der Waals surface area contributed by atoms with Gasteiger partial charge >= 0.3 is 12.1 Å². The van der Waals surface area contributed by atoms with Crippen molar-refractivity contribution >= 4 is 11.8 Å². The second-order valence-electron chi connectivity index (χ2n) is 8.14. The Morgan fingerprint density at radius 1 is 1.26 bits per heavy atom. The maximum atomic E-state index is 12.4. The van der Waals surface area contributed by atoms with E-state index in [1.54, 1.807) is 12.1 Å². The molecule has 0 bridgehead atoms. The van der Waals surface area contributed by atoms with Crippen molar-refractivity contribution in [3.05, 3.63) is 30.3 Å². The van der Waals surface area contributed by atoms with Crippen molar-refractivity contribution in [2.75, 3.05) is 31.7 Å². The minimum absolute atomic E-state index is 0.263. The Bertz CT molecular complexity index is 635. The van der Waals surface area contributed by atoms with Gasteiger partial charge in [-0.3, -0.25) is 5.32 Å². The van der Waals surface area contributed by atoms with Gasteiger partial charge in [-0.05, 0) is 18.1 Å². The minimum Gasteiger partial charge on any atom is -0.437 e. The molecule has 27 heavy (non-hydrogen) atoms. The Hall–Kier alpha value is -1.67. The number of rotatable bonds is 6. The standard InChI is InChI=1S/C20H29NO6/c1-14(2)10-23-11-16-12-24-20(27-16)17(19(3,4)13-25-20)26-18(22)21-15-8-6-5-7-9-15/h5-9,14,16-17H,10-13H2,1-4H3,(H,21,22)/t16-,17-,20+/m1/s1. The summed E-state index contributed by atoms with van der Waals surface area (Å²) in [6.45, 7) is 9.83. The molecule has 7 heteroatoms. The van der Waals surface area contributed by atoms with Crippen LogP contribution in [0.2, 0.25) is 0 Å². The number of hydrogen-bond acceptors (Lipinski definition) is 6. The molecular formula is C20H29NO6. The molecule has 2 aliphatic rings. The first-order valence-corrected chi connectivity index (χ1v) is 9.37. The summed E-state index contributed by atoms with van der Waals surface area (Å²) in [7, 11) is 0. The second kappa shape index (κ2) is 8.14.